The number of rotatable bonds is 8. The molecule has 6 rings (SSSR count). The lowest BCUT2D eigenvalue weighted by atomic mass is 10.2. The molecule has 0 fully saturated rings. The number of furan rings is 1. The third-order valence-electron chi connectivity index (χ3n) is 6.40. The molecule has 7 nitrogen and oxygen atoms in total. The molecule has 2 heterocycles. The van der Waals surface area contributed by atoms with Gasteiger partial charge in [-0.15, -0.1) is 0 Å². The zero-order valence-electron chi connectivity index (χ0n) is 22.2. The number of para-hydroxylation sites is 1. The summed E-state index contributed by atoms with van der Waals surface area (Å²) >= 11 is 12.8. The minimum atomic E-state index is -0.374. The van der Waals surface area contributed by atoms with E-state index in [1.165, 1.54) is 23.0 Å². The Kier molecular flexibility index (Phi) is 7.65. The summed E-state index contributed by atoms with van der Waals surface area (Å²) in [6.07, 6.45) is 1.49. The number of hydrogen-bond acceptors (Lipinski definition) is 6. The molecule has 10 heteroatoms. The van der Waals surface area contributed by atoms with E-state index in [0.29, 0.717) is 50.9 Å². The molecule has 0 radical (unpaired) electrons. The van der Waals surface area contributed by atoms with Crippen LogP contribution in [0.4, 0.5) is 4.39 Å². The van der Waals surface area contributed by atoms with E-state index < -0.39 is 0 Å². The van der Waals surface area contributed by atoms with Crippen LogP contribution in [0.2, 0.25) is 10.0 Å². The maximum absolute atomic E-state index is 13.6. The number of ether oxygens (including phenoxy) is 2. The lowest BCUT2D eigenvalue weighted by molar-refractivity contribution is 0.269. The third kappa shape index (κ3) is 5.59. The highest BCUT2D eigenvalue weighted by molar-refractivity contribution is 6.32. The molecule has 0 aliphatic carbocycles. The number of benzene rings is 4. The van der Waals surface area contributed by atoms with E-state index in [4.69, 9.17) is 42.1 Å². The smallest absolute Gasteiger partial charge is 0.282 e. The van der Waals surface area contributed by atoms with Crippen molar-refractivity contribution in [3.63, 3.8) is 0 Å². The Morgan fingerprint density at radius 2 is 1.81 bits per heavy atom. The van der Waals surface area contributed by atoms with Crippen molar-refractivity contribution < 1.29 is 18.3 Å². The first-order valence-electron chi connectivity index (χ1n) is 13.0. The number of fused-ring (bicyclic) bond motifs is 2. The van der Waals surface area contributed by atoms with Gasteiger partial charge in [0, 0.05) is 10.4 Å². The summed E-state index contributed by atoms with van der Waals surface area (Å²) in [6.45, 7) is 2.36. The monoisotopic (exact) mass is 601 g/mol. The van der Waals surface area contributed by atoms with Crippen molar-refractivity contribution in [1.82, 2.24) is 9.66 Å². The highest BCUT2D eigenvalue weighted by Gasteiger charge is 2.17. The van der Waals surface area contributed by atoms with E-state index in [1.807, 2.05) is 13.0 Å². The molecule has 0 bridgehead atoms. The Labute approximate surface area is 249 Å². The minimum Gasteiger partial charge on any atom is -0.490 e. The molecule has 0 aliphatic heterocycles. The maximum Gasteiger partial charge on any atom is 0.282 e. The van der Waals surface area contributed by atoms with Crippen LogP contribution in [0.5, 0.6) is 11.5 Å². The predicted molar refractivity (Wildman–Crippen MR) is 163 cm³/mol. The van der Waals surface area contributed by atoms with Gasteiger partial charge in [0.1, 0.15) is 18.0 Å². The van der Waals surface area contributed by atoms with Gasteiger partial charge >= 0.3 is 0 Å². The molecule has 2 aromatic heterocycles. The Morgan fingerprint density at radius 3 is 2.62 bits per heavy atom. The highest BCUT2D eigenvalue weighted by atomic mass is 35.5. The van der Waals surface area contributed by atoms with Crippen molar-refractivity contribution in [3.05, 3.63) is 122 Å². The van der Waals surface area contributed by atoms with Crippen LogP contribution in [-0.2, 0) is 6.61 Å². The average molecular weight is 602 g/mol. The van der Waals surface area contributed by atoms with Crippen LogP contribution in [0, 0.1) is 5.82 Å². The van der Waals surface area contributed by atoms with Gasteiger partial charge in [-0.25, -0.2) is 9.37 Å². The summed E-state index contributed by atoms with van der Waals surface area (Å²) in [5.41, 5.74) is 2.05. The first kappa shape index (κ1) is 27.5. The second-order valence-corrected chi connectivity index (χ2v) is 10.1. The van der Waals surface area contributed by atoms with E-state index in [1.54, 1.807) is 66.7 Å². The number of halogens is 3. The standard InChI is InChI=1S/C32H22Cl2FN3O4/c1-2-40-28-14-20(13-25(34)30(28)41-18-19-7-10-23(35)11-8-19)17-36-38-31(37-26-6-4-3-5-24(26)32(38)39)29-16-21-15-22(33)9-12-27(21)42-29/h3-17H,2,18H2,1H3. The van der Waals surface area contributed by atoms with Gasteiger partial charge in [-0.1, -0.05) is 47.5 Å². The van der Waals surface area contributed by atoms with E-state index in [-0.39, 0.29) is 28.8 Å². The molecule has 0 N–H and O–H groups in total. The largest absolute Gasteiger partial charge is 0.490 e. The number of aromatic nitrogens is 2. The van der Waals surface area contributed by atoms with Gasteiger partial charge in [0.05, 0.1) is 28.7 Å². The molecular formula is C32H22Cl2FN3O4. The second-order valence-electron chi connectivity index (χ2n) is 9.29. The molecule has 0 spiro atoms. The first-order chi connectivity index (χ1) is 20.4. The van der Waals surface area contributed by atoms with Crippen LogP contribution in [0.3, 0.4) is 0 Å². The van der Waals surface area contributed by atoms with Crippen LogP contribution >= 0.6 is 23.2 Å². The molecule has 0 saturated heterocycles. The zero-order valence-corrected chi connectivity index (χ0v) is 23.7. The molecule has 0 saturated carbocycles. The van der Waals surface area contributed by atoms with Gasteiger partial charge in [0.2, 0.25) is 5.82 Å². The molecule has 42 heavy (non-hydrogen) atoms. The van der Waals surface area contributed by atoms with Crippen LogP contribution in [-0.4, -0.2) is 22.5 Å². The summed E-state index contributed by atoms with van der Waals surface area (Å²) in [7, 11) is 0. The van der Waals surface area contributed by atoms with Gasteiger partial charge in [-0.2, -0.15) is 9.78 Å². The number of nitrogens with zero attached hydrogens (tertiary/aromatic N) is 3. The normalized spacial score (nSPS) is 11.5. The third-order valence-corrected chi connectivity index (χ3v) is 6.92. The van der Waals surface area contributed by atoms with E-state index in [0.717, 1.165) is 10.9 Å². The Bertz CT molecular complexity index is 2020. The van der Waals surface area contributed by atoms with E-state index in [9.17, 15) is 9.18 Å². The van der Waals surface area contributed by atoms with Crippen LogP contribution in [0.15, 0.2) is 99.2 Å². The minimum absolute atomic E-state index is 0.164. The van der Waals surface area contributed by atoms with Crippen molar-refractivity contribution >= 4 is 51.3 Å². The topological polar surface area (TPSA) is 78.9 Å². The molecule has 0 atom stereocenters. The fraction of sp³-hybridized carbons (Fsp3) is 0.0938. The lowest BCUT2D eigenvalue weighted by Crippen LogP contribution is -2.20. The SMILES string of the molecule is CCOc1cc(C=Nn2c(-c3cc4cc(Cl)ccc4o3)nc3ccccc3c2=O)cc(Cl)c1OCc1ccc(F)cc1. The summed E-state index contributed by atoms with van der Waals surface area (Å²) in [4.78, 5) is 18.3. The molecule has 0 unspecified atom stereocenters. The van der Waals surface area contributed by atoms with Crippen molar-refractivity contribution in [2.24, 2.45) is 5.10 Å². The van der Waals surface area contributed by atoms with Crippen molar-refractivity contribution in [1.29, 1.82) is 0 Å². The fourth-order valence-electron chi connectivity index (χ4n) is 4.44. The summed E-state index contributed by atoms with van der Waals surface area (Å²) < 4.78 is 32.2. The Morgan fingerprint density at radius 1 is 1.00 bits per heavy atom. The number of hydrogen-bond donors (Lipinski definition) is 0. The molecule has 0 amide bonds. The highest BCUT2D eigenvalue weighted by Crippen LogP contribution is 2.37. The Balaban J connectivity index is 1.40. The first-order valence-corrected chi connectivity index (χ1v) is 13.7. The summed E-state index contributed by atoms with van der Waals surface area (Å²) in [5, 5.41) is 6.51. The quantitative estimate of drug-likeness (QED) is 0.165. The maximum atomic E-state index is 13.6. The van der Waals surface area contributed by atoms with E-state index in [2.05, 4.69) is 5.10 Å². The van der Waals surface area contributed by atoms with Crippen LogP contribution in [0.1, 0.15) is 18.1 Å². The lowest BCUT2D eigenvalue weighted by Gasteiger charge is -2.14. The average Bonchev–Trinajstić information content (AvgIpc) is 3.40. The second kappa shape index (κ2) is 11.7. The molecule has 0 aliphatic rings. The van der Waals surface area contributed by atoms with Gasteiger partial charge in [0.15, 0.2) is 17.3 Å². The Hall–Kier alpha value is -4.66. The molecule has 4 aromatic carbocycles. The molecule has 210 valence electrons. The zero-order chi connectivity index (χ0) is 29.2. The van der Waals surface area contributed by atoms with Crippen molar-refractivity contribution in [3.8, 4) is 23.1 Å². The molecule has 6 aromatic rings. The summed E-state index contributed by atoms with van der Waals surface area (Å²) in [5.74, 6) is 0.976. The van der Waals surface area contributed by atoms with Crippen molar-refractivity contribution in [2.45, 2.75) is 13.5 Å². The van der Waals surface area contributed by atoms with Crippen LogP contribution in [0.25, 0.3) is 33.5 Å². The summed E-state index contributed by atoms with van der Waals surface area (Å²) in [6, 6.07) is 23.4. The fourth-order valence-corrected chi connectivity index (χ4v) is 4.89. The predicted octanol–water partition coefficient (Wildman–Crippen LogP) is 8.12. The van der Waals surface area contributed by atoms with Gasteiger partial charge in [-0.3, -0.25) is 4.79 Å². The molecular weight excluding hydrogens is 580 g/mol. The van der Waals surface area contributed by atoms with Crippen LogP contribution < -0.4 is 15.0 Å². The van der Waals surface area contributed by atoms with Crippen molar-refractivity contribution in [2.75, 3.05) is 6.61 Å². The van der Waals surface area contributed by atoms with E-state index >= 15 is 0 Å². The van der Waals surface area contributed by atoms with Gasteiger partial charge < -0.3 is 13.9 Å². The van der Waals surface area contributed by atoms with Gasteiger partial charge in [-0.05, 0) is 78.7 Å². The van der Waals surface area contributed by atoms with Gasteiger partial charge in [0.25, 0.3) is 5.56 Å².